The van der Waals surface area contributed by atoms with Gasteiger partial charge in [0.05, 0.1) is 11.4 Å². The second kappa shape index (κ2) is 8.21. The van der Waals surface area contributed by atoms with Crippen molar-refractivity contribution < 1.29 is 9.53 Å². The molecule has 0 aliphatic carbocycles. The summed E-state index contributed by atoms with van der Waals surface area (Å²) in [5, 5.41) is 5.61. The molecule has 0 atom stereocenters. The molecule has 2 heterocycles. The van der Waals surface area contributed by atoms with Gasteiger partial charge in [-0.3, -0.25) is 4.98 Å². The van der Waals surface area contributed by atoms with E-state index in [9.17, 15) is 4.79 Å². The molecule has 0 saturated carbocycles. The first-order valence-corrected chi connectivity index (χ1v) is 8.49. The van der Waals surface area contributed by atoms with Gasteiger partial charge in [0.2, 0.25) is 0 Å². The number of benzene rings is 1. The highest BCUT2D eigenvalue weighted by atomic mass is 32.1. The van der Waals surface area contributed by atoms with E-state index in [2.05, 4.69) is 15.3 Å². The fraction of sp³-hybridized carbons (Fsp3) is 0.167. The lowest BCUT2D eigenvalue weighted by Gasteiger charge is -2.06. The Morgan fingerprint density at radius 2 is 1.96 bits per heavy atom. The van der Waals surface area contributed by atoms with Gasteiger partial charge in [-0.2, -0.15) is 0 Å². The third-order valence-corrected chi connectivity index (χ3v) is 4.21. The Morgan fingerprint density at radius 3 is 2.75 bits per heavy atom. The van der Waals surface area contributed by atoms with Gasteiger partial charge in [0, 0.05) is 24.5 Å². The number of thiazole rings is 1. The lowest BCUT2D eigenvalue weighted by molar-refractivity contribution is 0.140. The minimum atomic E-state index is -0.418. The number of carbonyl (C=O) groups is 1. The van der Waals surface area contributed by atoms with Crippen LogP contribution in [0.1, 0.15) is 11.3 Å². The first-order valence-electron chi connectivity index (χ1n) is 7.61. The van der Waals surface area contributed by atoms with Crippen molar-refractivity contribution in [1.29, 1.82) is 0 Å². The molecule has 0 spiro atoms. The van der Waals surface area contributed by atoms with Crippen molar-refractivity contribution in [2.45, 2.75) is 13.0 Å². The van der Waals surface area contributed by atoms with Crippen molar-refractivity contribution in [2.75, 3.05) is 6.54 Å². The van der Waals surface area contributed by atoms with Gasteiger partial charge in [-0.1, -0.05) is 36.4 Å². The second-order valence-electron chi connectivity index (χ2n) is 5.10. The number of alkyl carbamates (subject to hydrolysis) is 1. The first kappa shape index (κ1) is 16.1. The molecule has 0 aliphatic heterocycles. The smallest absolute Gasteiger partial charge is 0.407 e. The van der Waals surface area contributed by atoms with Crippen LogP contribution in [0.3, 0.4) is 0 Å². The molecular formula is C18H17N3O2S. The first-order chi connectivity index (χ1) is 11.8. The second-order valence-corrected chi connectivity index (χ2v) is 5.96. The summed E-state index contributed by atoms with van der Waals surface area (Å²) in [5.41, 5.74) is 2.76. The minimum Gasteiger partial charge on any atom is -0.445 e. The van der Waals surface area contributed by atoms with Crippen LogP contribution in [0, 0.1) is 0 Å². The zero-order chi connectivity index (χ0) is 16.6. The summed E-state index contributed by atoms with van der Waals surface area (Å²) in [7, 11) is 0. The topological polar surface area (TPSA) is 64.1 Å². The predicted molar refractivity (Wildman–Crippen MR) is 93.7 cm³/mol. The normalized spacial score (nSPS) is 10.3. The van der Waals surface area contributed by atoms with Crippen LogP contribution >= 0.6 is 11.3 Å². The molecule has 1 amide bonds. The largest absolute Gasteiger partial charge is 0.445 e. The highest BCUT2D eigenvalue weighted by Gasteiger charge is 2.07. The molecule has 1 aromatic carbocycles. The van der Waals surface area contributed by atoms with E-state index in [0.29, 0.717) is 13.0 Å². The Hall–Kier alpha value is -2.73. The molecule has 6 heteroatoms. The molecule has 3 aromatic rings. The number of nitrogens with zero attached hydrogens (tertiary/aromatic N) is 2. The van der Waals surface area contributed by atoms with Crippen molar-refractivity contribution in [3.63, 3.8) is 0 Å². The maximum Gasteiger partial charge on any atom is 0.407 e. The monoisotopic (exact) mass is 339 g/mol. The van der Waals surface area contributed by atoms with Crippen LogP contribution in [0.15, 0.2) is 60.1 Å². The number of carbonyl (C=O) groups excluding carboxylic acids is 1. The number of nitrogens with one attached hydrogen (secondary N) is 1. The fourth-order valence-electron chi connectivity index (χ4n) is 2.10. The van der Waals surface area contributed by atoms with E-state index in [4.69, 9.17) is 4.74 Å². The van der Waals surface area contributed by atoms with Gasteiger partial charge in [-0.15, -0.1) is 11.3 Å². The standard InChI is InChI=1S/C18H17N3O2S/c22-18(23-12-14-6-2-1-3-7-14)20-11-9-15-13-24-17(21-15)16-8-4-5-10-19-16/h1-8,10,13H,9,11-12H2,(H,20,22). The molecule has 0 bridgehead atoms. The molecule has 5 nitrogen and oxygen atoms in total. The van der Waals surface area contributed by atoms with Crippen molar-refractivity contribution in [1.82, 2.24) is 15.3 Å². The molecular weight excluding hydrogens is 322 g/mol. The molecule has 0 radical (unpaired) electrons. The summed E-state index contributed by atoms with van der Waals surface area (Å²) < 4.78 is 5.16. The van der Waals surface area contributed by atoms with Gasteiger partial charge in [0.25, 0.3) is 0 Å². The molecule has 0 aliphatic rings. The van der Waals surface area contributed by atoms with E-state index >= 15 is 0 Å². The SMILES string of the molecule is O=C(NCCc1csc(-c2ccccn2)n1)OCc1ccccc1. The Balaban J connectivity index is 1.42. The number of rotatable bonds is 6. The van der Waals surface area contributed by atoms with Crippen LogP contribution < -0.4 is 5.32 Å². The lowest BCUT2D eigenvalue weighted by Crippen LogP contribution is -2.26. The van der Waals surface area contributed by atoms with Crippen LogP contribution in [0.5, 0.6) is 0 Å². The lowest BCUT2D eigenvalue weighted by atomic mass is 10.2. The number of pyridine rings is 1. The molecule has 0 saturated heterocycles. The third kappa shape index (κ3) is 4.63. The van der Waals surface area contributed by atoms with E-state index in [-0.39, 0.29) is 6.61 Å². The summed E-state index contributed by atoms with van der Waals surface area (Å²) in [6, 6.07) is 15.3. The average molecular weight is 339 g/mol. The van der Waals surface area contributed by atoms with Crippen molar-refractivity contribution in [3.05, 3.63) is 71.4 Å². The average Bonchev–Trinajstić information content (AvgIpc) is 3.11. The number of hydrogen-bond acceptors (Lipinski definition) is 5. The number of ether oxygens (including phenoxy) is 1. The van der Waals surface area contributed by atoms with E-state index in [0.717, 1.165) is 22.0 Å². The van der Waals surface area contributed by atoms with Gasteiger partial charge in [0.15, 0.2) is 0 Å². The summed E-state index contributed by atoms with van der Waals surface area (Å²) >= 11 is 1.55. The van der Waals surface area contributed by atoms with E-state index in [1.165, 1.54) is 0 Å². The highest BCUT2D eigenvalue weighted by molar-refractivity contribution is 7.13. The Bertz CT molecular complexity index is 775. The van der Waals surface area contributed by atoms with Gasteiger partial charge >= 0.3 is 6.09 Å². The molecule has 0 unspecified atom stereocenters. The third-order valence-electron chi connectivity index (χ3n) is 3.30. The summed E-state index contributed by atoms with van der Waals surface area (Å²) in [6.07, 6.45) is 1.99. The zero-order valence-corrected chi connectivity index (χ0v) is 13.8. The quantitative estimate of drug-likeness (QED) is 0.744. The number of hydrogen-bond donors (Lipinski definition) is 1. The van der Waals surface area contributed by atoms with Crippen LogP contribution in [0.25, 0.3) is 10.7 Å². The number of amides is 1. The molecule has 2 aromatic heterocycles. The molecule has 3 rings (SSSR count). The molecule has 1 N–H and O–H groups in total. The summed E-state index contributed by atoms with van der Waals surface area (Å²) in [6.45, 7) is 0.756. The minimum absolute atomic E-state index is 0.271. The Kier molecular flexibility index (Phi) is 5.52. The molecule has 122 valence electrons. The van der Waals surface area contributed by atoms with E-state index in [1.807, 2.05) is 53.9 Å². The molecule has 0 fully saturated rings. The fourth-order valence-corrected chi connectivity index (χ4v) is 2.93. The van der Waals surface area contributed by atoms with Gasteiger partial charge < -0.3 is 10.1 Å². The highest BCUT2D eigenvalue weighted by Crippen LogP contribution is 2.21. The predicted octanol–water partition coefficient (Wildman–Crippen LogP) is 3.67. The maximum absolute atomic E-state index is 11.7. The van der Waals surface area contributed by atoms with E-state index in [1.54, 1.807) is 17.5 Å². The van der Waals surface area contributed by atoms with Crippen LogP contribution in [-0.4, -0.2) is 22.6 Å². The van der Waals surface area contributed by atoms with Gasteiger partial charge in [-0.25, -0.2) is 9.78 Å². The van der Waals surface area contributed by atoms with Gasteiger partial charge in [-0.05, 0) is 17.7 Å². The van der Waals surface area contributed by atoms with Crippen LogP contribution in [-0.2, 0) is 17.8 Å². The van der Waals surface area contributed by atoms with Crippen molar-refractivity contribution in [3.8, 4) is 10.7 Å². The van der Waals surface area contributed by atoms with Crippen LogP contribution in [0.2, 0.25) is 0 Å². The summed E-state index contributed by atoms with van der Waals surface area (Å²) in [5.74, 6) is 0. The van der Waals surface area contributed by atoms with Crippen LogP contribution in [0.4, 0.5) is 4.79 Å². The van der Waals surface area contributed by atoms with Gasteiger partial charge in [0.1, 0.15) is 11.6 Å². The summed E-state index contributed by atoms with van der Waals surface area (Å²) in [4.78, 5) is 20.5. The Morgan fingerprint density at radius 1 is 1.12 bits per heavy atom. The molecule has 24 heavy (non-hydrogen) atoms. The van der Waals surface area contributed by atoms with E-state index < -0.39 is 6.09 Å². The van der Waals surface area contributed by atoms with Crippen molar-refractivity contribution in [2.24, 2.45) is 0 Å². The van der Waals surface area contributed by atoms with Crippen molar-refractivity contribution >= 4 is 17.4 Å². The maximum atomic E-state index is 11.7. The zero-order valence-electron chi connectivity index (χ0n) is 13.0. The number of aromatic nitrogens is 2. The Labute approximate surface area is 144 Å².